The van der Waals surface area contributed by atoms with Crippen LogP contribution in [0, 0.1) is 0 Å². The number of amides is 1. The maximum atomic E-state index is 13.1. The van der Waals surface area contributed by atoms with Crippen LogP contribution in [0.15, 0.2) is 53.6 Å². The van der Waals surface area contributed by atoms with Crippen LogP contribution in [0.25, 0.3) is 0 Å². The first-order valence-electron chi connectivity index (χ1n) is 7.99. The molecule has 132 valence electrons. The number of carbonyl (C=O) groups excluding carboxylic acids is 1. The predicted octanol–water partition coefficient (Wildman–Crippen LogP) is 3.78. The van der Waals surface area contributed by atoms with E-state index in [0.29, 0.717) is 16.3 Å². The molecule has 1 aliphatic heterocycles. The molecule has 0 aliphatic carbocycles. The number of benzene rings is 1. The minimum atomic E-state index is -0.330. The number of pyridine rings is 1. The Kier molecular flexibility index (Phi) is 3.93. The zero-order valence-corrected chi connectivity index (χ0v) is 15.6. The molecule has 7 heteroatoms. The molecule has 26 heavy (non-hydrogen) atoms. The van der Waals surface area contributed by atoms with Gasteiger partial charge in [0, 0.05) is 31.5 Å². The molecule has 1 aromatic carbocycles. The molecule has 1 atom stereocenters. The van der Waals surface area contributed by atoms with E-state index >= 15 is 0 Å². The number of aromatic nitrogens is 2. The Morgan fingerprint density at radius 3 is 2.31 bits per heavy atom. The number of hydrogen-bond donors (Lipinski definition) is 0. The van der Waals surface area contributed by atoms with Gasteiger partial charge in [0.25, 0.3) is 11.5 Å². The highest BCUT2D eigenvalue weighted by molar-refractivity contribution is 6.31. The molecule has 0 N–H and O–H groups in total. The van der Waals surface area contributed by atoms with E-state index in [-0.39, 0.29) is 22.5 Å². The number of halogens is 2. The number of anilines is 1. The van der Waals surface area contributed by atoms with Gasteiger partial charge in [0.05, 0.1) is 16.9 Å². The third-order valence-corrected chi connectivity index (χ3v) is 5.20. The third-order valence-electron chi connectivity index (χ3n) is 4.68. The Bertz CT molecular complexity index is 1060. The van der Waals surface area contributed by atoms with E-state index in [9.17, 15) is 9.59 Å². The Labute approximate surface area is 160 Å². The molecule has 4 rings (SSSR count). The van der Waals surface area contributed by atoms with Crippen molar-refractivity contribution in [3.8, 4) is 0 Å². The second kappa shape index (κ2) is 6.04. The van der Waals surface area contributed by atoms with Gasteiger partial charge in [-0.2, -0.15) is 0 Å². The fourth-order valence-electron chi connectivity index (χ4n) is 3.44. The second-order valence-electron chi connectivity index (χ2n) is 6.32. The third kappa shape index (κ3) is 2.47. The molecular formula is C19H15Cl2N3O2. The first kappa shape index (κ1) is 16.9. The highest BCUT2D eigenvalue weighted by atomic mass is 35.5. The molecule has 3 aromatic rings. The Balaban J connectivity index is 1.94. The summed E-state index contributed by atoms with van der Waals surface area (Å²) in [6.45, 7) is 0. The summed E-state index contributed by atoms with van der Waals surface area (Å²) in [7, 11) is 3.52. The van der Waals surface area contributed by atoms with E-state index < -0.39 is 0 Å². The van der Waals surface area contributed by atoms with Crippen LogP contribution >= 0.6 is 23.2 Å². The lowest BCUT2D eigenvalue weighted by Crippen LogP contribution is -2.31. The molecule has 1 aliphatic rings. The van der Waals surface area contributed by atoms with Gasteiger partial charge in [0.15, 0.2) is 0 Å². The van der Waals surface area contributed by atoms with E-state index in [0.717, 1.165) is 11.3 Å². The van der Waals surface area contributed by atoms with Crippen LogP contribution in [0.3, 0.4) is 0 Å². The zero-order valence-electron chi connectivity index (χ0n) is 14.1. The van der Waals surface area contributed by atoms with Crippen molar-refractivity contribution in [3.63, 3.8) is 0 Å². The molecular weight excluding hydrogens is 373 g/mol. The van der Waals surface area contributed by atoms with Gasteiger partial charge in [-0.05, 0) is 29.8 Å². The maximum absolute atomic E-state index is 13.1. The summed E-state index contributed by atoms with van der Waals surface area (Å²) in [4.78, 5) is 26.7. The molecule has 1 unspecified atom stereocenters. The average Bonchev–Trinajstić information content (AvgIpc) is 3.12. The van der Waals surface area contributed by atoms with Gasteiger partial charge < -0.3 is 9.13 Å². The second-order valence-corrected chi connectivity index (χ2v) is 7.16. The van der Waals surface area contributed by atoms with Gasteiger partial charge >= 0.3 is 0 Å². The molecule has 0 fully saturated rings. The van der Waals surface area contributed by atoms with E-state index in [4.69, 9.17) is 23.2 Å². The molecule has 0 radical (unpaired) electrons. The van der Waals surface area contributed by atoms with Gasteiger partial charge in [0.1, 0.15) is 11.1 Å². The zero-order chi connectivity index (χ0) is 18.6. The lowest BCUT2D eigenvalue weighted by Gasteiger charge is -2.27. The van der Waals surface area contributed by atoms with Gasteiger partial charge in [-0.25, -0.2) is 0 Å². The SMILES string of the molecule is Cn1ccc2c1C(c1ccc(Cl)cc1)N(c1cc(Cl)c(=O)n(C)c1)C2=O. The van der Waals surface area contributed by atoms with E-state index in [1.54, 1.807) is 30.3 Å². The highest BCUT2D eigenvalue weighted by Gasteiger charge is 2.41. The van der Waals surface area contributed by atoms with Crippen LogP contribution in [-0.2, 0) is 14.1 Å². The normalized spacial score (nSPS) is 16.2. The van der Waals surface area contributed by atoms with Crippen LogP contribution < -0.4 is 10.5 Å². The van der Waals surface area contributed by atoms with Crippen molar-refractivity contribution in [1.29, 1.82) is 0 Å². The Morgan fingerprint density at radius 1 is 0.962 bits per heavy atom. The van der Waals surface area contributed by atoms with Crippen molar-refractivity contribution in [1.82, 2.24) is 9.13 Å². The largest absolute Gasteiger partial charge is 0.352 e. The molecule has 3 heterocycles. The van der Waals surface area contributed by atoms with E-state index in [1.165, 1.54) is 10.6 Å². The Hall–Kier alpha value is -2.50. The summed E-state index contributed by atoms with van der Waals surface area (Å²) < 4.78 is 3.32. The molecule has 0 saturated heterocycles. The topological polar surface area (TPSA) is 47.2 Å². The summed E-state index contributed by atoms with van der Waals surface area (Å²) in [5.41, 5.74) is 2.72. The minimum Gasteiger partial charge on any atom is -0.352 e. The van der Waals surface area contributed by atoms with Gasteiger partial charge in [-0.1, -0.05) is 35.3 Å². The van der Waals surface area contributed by atoms with Crippen LogP contribution in [0.1, 0.15) is 27.7 Å². The summed E-state index contributed by atoms with van der Waals surface area (Å²) in [6.07, 6.45) is 3.50. The maximum Gasteiger partial charge on any atom is 0.269 e. The standard InChI is InChI=1S/C19H15Cl2N3O2/c1-22-8-7-14-17(22)16(11-3-5-12(20)6-4-11)24(18(14)25)13-9-15(21)19(26)23(2)10-13/h3-10,16H,1-2H3. The van der Waals surface area contributed by atoms with Crippen molar-refractivity contribution < 1.29 is 4.79 Å². The Morgan fingerprint density at radius 2 is 1.65 bits per heavy atom. The number of aryl methyl sites for hydroxylation is 2. The van der Waals surface area contributed by atoms with Crippen molar-refractivity contribution >= 4 is 34.8 Å². The highest BCUT2D eigenvalue weighted by Crippen LogP contribution is 2.42. The number of fused-ring (bicyclic) bond motifs is 1. The summed E-state index contributed by atoms with van der Waals surface area (Å²) in [5, 5.41) is 0.700. The molecule has 0 spiro atoms. The van der Waals surface area contributed by atoms with Gasteiger partial charge in [-0.15, -0.1) is 0 Å². The van der Waals surface area contributed by atoms with Crippen molar-refractivity contribution in [3.05, 3.63) is 86.0 Å². The van der Waals surface area contributed by atoms with Crippen LogP contribution in [-0.4, -0.2) is 15.0 Å². The van der Waals surface area contributed by atoms with E-state index in [1.807, 2.05) is 36.0 Å². The summed E-state index contributed by atoms with van der Waals surface area (Å²) in [6, 6.07) is 10.4. The minimum absolute atomic E-state index is 0.0728. The molecule has 1 amide bonds. The van der Waals surface area contributed by atoms with Crippen LogP contribution in [0.2, 0.25) is 10.0 Å². The lowest BCUT2D eigenvalue weighted by molar-refractivity contribution is 0.0993. The fraction of sp³-hybridized carbons (Fsp3) is 0.158. The fourth-order valence-corrected chi connectivity index (χ4v) is 3.81. The first-order chi connectivity index (χ1) is 12.4. The van der Waals surface area contributed by atoms with Crippen molar-refractivity contribution in [2.24, 2.45) is 14.1 Å². The molecule has 0 saturated carbocycles. The number of hydrogen-bond acceptors (Lipinski definition) is 2. The first-order valence-corrected chi connectivity index (χ1v) is 8.74. The van der Waals surface area contributed by atoms with E-state index in [2.05, 4.69) is 0 Å². The van der Waals surface area contributed by atoms with Crippen LogP contribution in [0.4, 0.5) is 5.69 Å². The molecule has 0 bridgehead atoms. The molecule has 2 aromatic heterocycles. The van der Waals surface area contributed by atoms with Crippen molar-refractivity contribution in [2.75, 3.05) is 4.90 Å². The number of rotatable bonds is 2. The van der Waals surface area contributed by atoms with Crippen LogP contribution in [0.5, 0.6) is 0 Å². The smallest absolute Gasteiger partial charge is 0.269 e. The quantitative estimate of drug-likeness (QED) is 0.671. The lowest BCUT2D eigenvalue weighted by atomic mass is 10.0. The van der Waals surface area contributed by atoms with Gasteiger partial charge in [-0.3, -0.25) is 14.5 Å². The molecule has 5 nitrogen and oxygen atoms in total. The monoisotopic (exact) mass is 387 g/mol. The number of carbonyl (C=O) groups is 1. The van der Waals surface area contributed by atoms with Gasteiger partial charge in [0.2, 0.25) is 0 Å². The average molecular weight is 388 g/mol. The summed E-state index contributed by atoms with van der Waals surface area (Å²) >= 11 is 12.1. The summed E-state index contributed by atoms with van der Waals surface area (Å²) in [5.74, 6) is -0.129. The van der Waals surface area contributed by atoms with Crippen molar-refractivity contribution in [2.45, 2.75) is 6.04 Å². The predicted molar refractivity (Wildman–Crippen MR) is 102 cm³/mol. The number of nitrogens with zero attached hydrogens (tertiary/aromatic N) is 3.